The Morgan fingerprint density at radius 3 is 2.43 bits per heavy atom. The Morgan fingerprint density at radius 1 is 1.19 bits per heavy atom. The Bertz CT molecular complexity index is 638. The minimum atomic E-state index is 0.00220. The van der Waals surface area contributed by atoms with Gasteiger partial charge in [0.15, 0.2) is 0 Å². The minimum absolute atomic E-state index is 0.00220. The van der Waals surface area contributed by atoms with Gasteiger partial charge in [-0.3, -0.25) is 0 Å². The number of halogens is 2. The van der Waals surface area contributed by atoms with Gasteiger partial charge in [0.05, 0.1) is 11.0 Å². The van der Waals surface area contributed by atoms with E-state index in [1.54, 1.807) is 0 Å². The lowest BCUT2D eigenvalue weighted by Gasteiger charge is -2.35. The molecule has 0 atom stereocenters. The second kappa shape index (κ2) is 5.92. The molecule has 0 fully saturated rings. The summed E-state index contributed by atoms with van der Waals surface area (Å²) in [5.41, 5.74) is 2.48. The summed E-state index contributed by atoms with van der Waals surface area (Å²) < 4.78 is 3.44. The first kappa shape index (κ1) is 16.8. The van der Waals surface area contributed by atoms with Crippen molar-refractivity contribution in [1.29, 1.82) is 0 Å². The van der Waals surface area contributed by atoms with Crippen molar-refractivity contribution in [3.05, 3.63) is 28.5 Å². The van der Waals surface area contributed by atoms with Crippen molar-refractivity contribution >= 4 is 38.6 Å². The van der Waals surface area contributed by atoms with E-state index in [1.807, 2.05) is 0 Å². The zero-order valence-electron chi connectivity index (χ0n) is 13.5. The van der Waals surface area contributed by atoms with Crippen LogP contribution in [0.5, 0.6) is 0 Å². The van der Waals surface area contributed by atoms with Crippen LogP contribution < -0.4 is 0 Å². The summed E-state index contributed by atoms with van der Waals surface area (Å²) >= 11 is 9.52. The van der Waals surface area contributed by atoms with Crippen LogP contribution in [0.25, 0.3) is 11.0 Å². The largest absolute Gasteiger partial charge is 0.322 e. The number of imidazole rings is 1. The molecule has 0 amide bonds. The highest BCUT2D eigenvalue weighted by Crippen LogP contribution is 2.36. The maximum absolute atomic E-state index is 5.99. The van der Waals surface area contributed by atoms with Gasteiger partial charge in [-0.15, -0.1) is 11.6 Å². The third kappa shape index (κ3) is 3.81. The fourth-order valence-corrected chi connectivity index (χ4v) is 3.93. The van der Waals surface area contributed by atoms with Crippen molar-refractivity contribution < 1.29 is 0 Å². The van der Waals surface area contributed by atoms with E-state index in [9.17, 15) is 0 Å². The van der Waals surface area contributed by atoms with Gasteiger partial charge in [0.25, 0.3) is 0 Å². The monoisotopic (exact) mass is 370 g/mol. The average Bonchev–Trinajstić information content (AvgIpc) is 2.63. The highest BCUT2D eigenvalue weighted by molar-refractivity contribution is 9.10. The van der Waals surface area contributed by atoms with Crippen molar-refractivity contribution in [2.75, 3.05) is 5.88 Å². The molecule has 116 valence electrons. The van der Waals surface area contributed by atoms with Gasteiger partial charge in [-0.2, -0.15) is 0 Å². The van der Waals surface area contributed by atoms with Gasteiger partial charge >= 0.3 is 0 Å². The van der Waals surface area contributed by atoms with Crippen molar-refractivity contribution in [2.45, 2.75) is 53.0 Å². The van der Waals surface area contributed by atoms with E-state index in [0.29, 0.717) is 5.88 Å². The molecule has 21 heavy (non-hydrogen) atoms. The van der Waals surface area contributed by atoms with Gasteiger partial charge in [-0.25, -0.2) is 4.98 Å². The van der Waals surface area contributed by atoms with E-state index in [4.69, 9.17) is 16.6 Å². The van der Waals surface area contributed by atoms with Crippen LogP contribution >= 0.6 is 27.5 Å². The lowest BCUT2D eigenvalue weighted by Crippen LogP contribution is -2.32. The number of alkyl halides is 1. The summed E-state index contributed by atoms with van der Waals surface area (Å²) in [4.78, 5) is 4.81. The zero-order chi connectivity index (χ0) is 15.8. The normalized spacial score (nSPS) is 13.1. The molecule has 1 aromatic heterocycles. The highest BCUT2D eigenvalue weighted by Gasteiger charge is 2.30. The Morgan fingerprint density at radius 2 is 1.86 bits per heavy atom. The third-order valence-corrected chi connectivity index (χ3v) is 4.25. The van der Waals surface area contributed by atoms with E-state index < -0.39 is 0 Å². The fourth-order valence-electron chi connectivity index (χ4n) is 3.41. The summed E-state index contributed by atoms with van der Waals surface area (Å²) in [6.45, 7) is 11.4. The van der Waals surface area contributed by atoms with Gasteiger partial charge in [0.2, 0.25) is 0 Å². The molecule has 0 aliphatic rings. The first-order chi connectivity index (χ1) is 9.64. The molecule has 2 rings (SSSR count). The number of hydrogen-bond acceptors (Lipinski definition) is 1. The Balaban J connectivity index is 2.61. The van der Waals surface area contributed by atoms with Crippen molar-refractivity contribution in [3.63, 3.8) is 0 Å². The number of rotatable bonds is 4. The molecule has 2 aromatic rings. The summed E-state index contributed by atoms with van der Waals surface area (Å²) in [6.07, 6.45) is 1.87. The number of fused-ring (bicyclic) bond motifs is 1. The Labute approximate surface area is 141 Å². The van der Waals surface area contributed by atoms with Gasteiger partial charge in [-0.1, -0.05) is 36.7 Å². The molecule has 0 aliphatic carbocycles. The smallest absolute Gasteiger partial charge is 0.111 e. The standard InChI is InChI=1S/C17H24BrClN2/c1-16(2,3)11-17(4,5)21-14-7-6-12(18)10-13(14)20-15(21)8-9-19/h6-7,10H,8-9,11H2,1-5H3. The topological polar surface area (TPSA) is 17.8 Å². The summed E-state index contributed by atoms with van der Waals surface area (Å²) in [6, 6.07) is 6.31. The molecule has 0 unspecified atom stereocenters. The van der Waals surface area contributed by atoms with Gasteiger partial charge in [-0.05, 0) is 43.9 Å². The van der Waals surface area contributed by atoms with Crippen LogP contribution in [-0.2, 0) is 12.0 Å². The van der Waals surface area contributed by atoms with Crippen LogP contribution in [0.15, 0.2) is 22.7 Å². The fraction of sp³-hybridized carbons (Fsp3) is 0.588. The number of aryl methyl sites for hydroxylation is 1. The van der Waals surface area contributed by atoms with Gasteiger partial charge < -0.3 is 4.57 Å². The lowest BCUT2D eigenvalue weighted by atomic mass is 9.81. The SMILES string of the molecule is CC(C)(C)CC(C)(C)n1c(CCCl)nc2cc(Br)ccc21. The number of benzene rings is 1. The van der Waals surface area contributed by atoms with E-state index in [0.717, 1.165) is 28.7 Å². The molecule has 1 heterocycles. The van der Waals surface area contributed by atoms with Crippen LogP contribution in [0, 0.1) is 5.41 Å². The molecule has 0 saturated heterocycles. The molecule has 4 heteroatoms. The average molecular weight is 372 g/mol. The molecule has 0 saturated carbocycles. The molecule has 1 aromatic carbocycles. The van der Waals surface area contributed by atoms with E-state index in [2.05, 4.69) is 73.3 Å². The quantitative estimate of drug-likeness (QED) is 0.625. The predicted molar refractivity (Wildman–Crippen MR) is 95.3 cm³/mol. The Kier molecular flexibility index (Phi) is 4.75. The van der Waals surface area contributed by atoms with Crippen molar-refractivity contribution in [3.8, 4) is 0 Å². The molecule has 0 bridgehead atoms. The van der Waals surface area contributed by atoms with Crippen LogP contribution in [0.3, 0.4) is 0 Å². The summed E-state index contributed by atoms with van der Waals surface area (Å²) in [7, 11) is 0. The first-order valence-electron chi connectivity index (χ1n) is 7.37. The molecule has 0 radical (unpaired) electrons. The number of aromatic nitrogens is 2. The van der Waals surface area contributed by atoms with Crippen LogP contribution in [0.4, 0.5) is 0 Å². The van der Waals surface area contributed by atoms with E-state index >= 15 is 0 Å². The first-order valence-corrected chi connectivity index (χ1v) is 8.70. The zero-order valence-corrected chi connectivity index (χ0v) is 15.8. The van der Waals surface area contributed by atoms with Crippen molar-refractivity contribution in [2.24, 2.45) is 5.41 Å². The minimum Gasteiger partial charge on any atom is -0.322 e. The Hall–Kier alpha value is -0.540. The molecular formula is C17H24BrClN2. The molecule has 0 spiro atoms. The second-order valence-corrected chi connectivity index (χ2v) is 8.78. The molecular weight excluding hydrogens is 348 g/mol. The van der Waals surface area contributed by atoms with Crippen LogP contribution in [0.1, 0.15) is 46.9 Å². The lowest BCUT2D eigenvalue weighted by molar-refractivity contribution is 0.215. The van der Waals surface area contributed by atoms with E-state index in [-0.39, 0.29) is 11.0 Å². The van der Waals surface area contributed by atoms with E-state index in [1.165, 1.54) is 5.52 Å². The summed E-state index contributed by atoms with van der Waals surface area (Å²) in [5.74, 6) is 1.67. The van der Waals surface area contributed by atoms with Crippen LogP contribution in [-0.4, -0.2) is 15.4 Å². The number of nitrogens with zero attached hydrogens (tertiary/aromatic N) is 2. The van der Waals surface area contributed by atoms with Gasteiger partial charge in [0, 0.05) is 22.3 Å². The maximum Gasteiger partial charge on any atom is 0.111 e. The highest BCUT2D eigenvalue weighted by atomic mass is 79.9. The maximum atomic E-state index is 5.99. The third-order valence-electron chi connectivity index (χ3n) is 3.57. The molecule has 2 nitrogen and oxygen atoms in total. The molecule has 0 N–H and O–H groups in total. The number of hydrogen-bond donors (Lipinski definition) is 0. The van der Waals surface area contributed by atoms with Crippen LogP contribution in [0.2, 0.25) is 0 Å². The molecule has 0 aliphatic heterocycles. The second-order valence-electron chi connectivity index (χ2n) is 7.49. The van der Waals surface area contributed by atoms with Gasteiger partial charge in [0.1, 0.15) is 5.82 Å². The predicted octanol–water partition coefficient (Wildman–Crippen LogP) is 5.75. The summed E-state index contributed by atoms with van der Waals surface area (Å²) in [5, 5.41) is 0. The van der Waals surface area contributed by atoms with Crippen molar-refractivity contribution in [1.82, 2.24) is 9.55 Å².